The highest BCUT2D eigenvalue weighted by Crippen LogP contribution is 2.39. The van der Waals surface area contributed by atoms with Crippen LogP contribution >= 0.6 is 0 Å². The molecule has 1 unspecified atom stereocenters. The number of hydrogen-bond acceptors (Lipinski definition) is 6. The molecule has 7 heteroatoms. The van der Waals surface area contributed by atoms with Gasteiger partial charge in [-0.2, -0.15) is 0 Å². The summed E-state index contributed by atoms with van der Waals surface area (Å²) in [6, 6.07) is 3.49. The van der Waals surface area contributed by atoms with E-state index in [9.17, 15) is 8.42 Å². The van der Waals surface area contributed by atoms with E-state index in [2.05, 4.69) is 5.32 Å². The lowest BCUT2D eigenvalue weighted by molar-refractivity contribution is 0.172. The van der Waals surface area contributed by atoms with Crippen LogP contribution in [0.4, 0.5) is 11.4 Å². The van der Waals surface area contributed by atoms with Crippen LogP contribution in [-0.4, -0.2) is 38.7 Å². The molecular weight excluding hydrogens is 280 g/mol. The summed E-state index contributed by atoms with van der Waals surface area (Å²) in [7, 11) is -2.96. The Bertz CT molecular complexity index is 644. The molecular formula is C13H18N2O4S. The number of ether oxygens (including phenoxy) is 2. The molecule has 0 saturated carbocycles. The zero-order chi connectivity index (χ0) is 14.4. The van der Waals surface area contributed by atoms with Crippen LogP contribution in [0, 0.1) is 0 Å². The highest BCUT2D eigenvalue weighted by molar-refractivity contribution is 7.91. The minimum Gasteiger partial charge on any atom is -0.486 e. The molecule has 0 bridgehead atoms. The minimum absolute atomic E-state index is 0.119. The average molecular weight is 298 g/mol. The molecule has 0 amide bonds. The fourth-order valence-electron chi connectivity index (χ4n) is 2.65. The summed E-state index contributed by atoms with van der Waals surface area (Å²) in [5.41, 5.74) is 6.73. The molecule has 1 aromatic rings. The van der Waals surface area contributed by atoms with E-state index in [0.717, 1.165) is 0 Å². The summed E-state index contributed by atoms with van der Waals surface area (Å²) >= 11 is 0. The molecule has 6 nitrogen and oxygen atoms in total. The number of nitrogens with two attached hydrogens (primary N) is 1. The number of anilines is 2. The van der Waals surface area contributed by atoms with Gasteiger partial charge in [0.05, 0.1) is 22.9 Å². The molecule has 3 rings (SSSR count). The Labute approximate surface area is 118 Å². The SMILES string of the molecule is CC1(Nc2cc3c(cc2N)OCCO3)CCS(=O)(=O)C1. The molecule has 1 saturated heterocycles. The lowest BCUT2D eigenvalue weighted by Gasteiger charge is -2.28. The van der Waals surface area contributed by atoms with Crippen molar-refractivity contribution in [2.75, 3.05) is 35.8 Å². The zero-order valence-electron chi connectivity index (χ0n) is 11.3. The number of sulfone groups is 1. The van der Waals surface area contributed by atoms with Gasteiger partial charge in [-0.3, -0.25) is 0 Å². The summed E-state index contributed by atoms with van der Waals surface area (Å²) in [5, 5.41) is 3.25. The van der Waals surface area contributed by atoms with Crippen LogP contribution in [0.25, 0.3) is 0 Å². The third-order valence-corrected chi connectivity index (χ3v) is 5.56. The van der Waals surface area contributed by atoms with Crippen molar-refractivity contribution in [3.63, 3.8) is 0 Å². The Kier molecular flexibility index (Phi) is 2.97. The molecule has 1 atom stereocenters. The van der Waals surface area contributed by atoms with Gasteiger partial charge >= 0.3 is 0 Å². The number of nitrogens with one attached hydrogen (secondary N) is 1. The smallest absolute Gasteiger partial charge is 0.163 e. The Morgan fingerprint density at radius 1 is 1.25 bits per heavy atom. The molecule has 0 spiro atoms. The first-order valence-electron chi connectivity index (χ1n) is 6.55. The predicted molar refractivity (Wildman–Crippen MR) is 77.1 cm³/mol. The summed E-state index contributed by atoms with van der Waals surface area (Å²) in [4.78, 5) is 0. The molecule has 1 aromatic carbocycles. The number of rotatable bonds is 2. The fourth-order valence-corrected chi connectivity index (χ4v) is 4.74. The van der Waals surface area contributed by atoms with Crippen LogP contribution in [-0.2, 0) is 9.84 Å². The van der Waals surface area contributed by atoms with Gasteiger partial charge in [0.25, 0.3) is 0 Å². The summed E-state index contributed by atoms with van der Waals surface area (Å²) < 4.78 is 34.3. The van der Waals surface area contributed by atoms with Crippen LogP contribution in [0.5, 0.6) is 11.5 Å². The van der Waals surface area contributed by atoms with Crippen molar-refractivity contribution >= 4 is 21.2 Å². The number of fused-ring (bicyclic) bond motifs is 1. The van der Waals surface area contributed by atoms with E-state index in [0.29, 0.717) is 42.5 Å². The molecule has 1 fully saturated rings. The fraction of sp³-hybridized carbons (Fsp3) is 0.538. The first-order chi connectivity index (χ1) is 9.37. The van der Waals surface area contributed by atoms with Crippen LogP contribution in [0.15, 0.2) is 12.1 Å². The standard InChI is InChI=1S/C13H18N2O4S/c1-13(2-5-20(16,17)8-13)15-10-7-12-11(6-9(10)14)18-3-4-19-12/h6-7,15H,2-5,8,14H2,1H3. The van der Waals surface area contributed by atoms with Gasteiger partial charge in [0, 0.05) is 17.7 Å². The lowest BCUT2D eigenvalue weighted by Crippen LogP contribution is -2.36. The molecule has 110 valence electrons. The predicted octanol–water partition coefficient (Wildman–Crippen LogP) is 1.03. The first-order valence-corrected chi connectivity index (χ1v) is 8.37. The Balaban J connectivity index is 1.88. The second kappa shape index (κ2) is 4.44. The first kappa shape index (κ1) is 13.4. The van der Waals surface area contributed by atoms with Gasteiger partial charge in [-0.05, 0) is 13.3 Å². The number of nitrogen functional groups attached to an aromatic ring is 1. The van der Waals surface area contributed by atoms with E-state index < -0.39 is 15.4 Å². The molecule has 0 aliphatic carbocycles. The summed E-state index contributed by atoms with van der Waals surface area (Å²) in [6.07, 6.45) is 0.573. The Hall–Kier alpha value is -1.63. The highest BCUT2D eigenvalue weighted by atomic mass is 32.2. The van der Waals surface area contributed by atoms with Crippen molar-refractivity contribution in [2.24, 2.45) is 0 Å². The van der Waals surface area contributed by atoms with Crippen LogP contribution in [0.2, 0.25) is 0 Å². The molecule has 0 aromatic heterocycles. The van der Waals surface area contributed by atoms with Gasteiger partial charge in [0.15, 0.2) is 21.3 Å². The normalized spacial score (nSPS) is 27.2. The van der Waals surface area contributed by atoms with Crippen molar-refractivity contribution in [3.05, 3.63) is 12.1 Å². The third kappa shape index (κ3) is 2.49. The lowest BCUT2D eigenvalue weighted by atomic mass is 10.0. The molecule has 2 aliphatic heterocycles. The van der Waals surface area contributed by atoms with E-state index in [1.165, 1.54) is 0 Å². The van der Waals surface area contributed by atoms with Crippen molar-refractivity contribution in [1.29, 1.82) is 0 Å². The van der Waals surface area contributed by atoms with E-state index in [1.54, 1.807) is 12.1 Å². The highest BCUT2D eigenvalue weighted by Gasteiger charge is 2.38. The van der Waals surface area contributed by atoms with Gasteiger partial charge in [0.1, 0.15) is 13.2 Å². The minimum atomic E-state index is -2.96. The van der Waals surface area contributed by atoms with Crippen molar-refractivity contribution in [3.8, 4) is 11.5 Å². The van der Waals surface area contributed by atoms with E-state index in [1.807, 2.05) is 6.92 Å². The van der Waals surface area contributed by atoms with Crippen LogP contribution in [0.1, 0.15) is 13.3 Å². The Morgan fingerprint density at radius 3 is 2.50 bits per heavy atom. The van der Waals surface area contributed by atoms with E-state index >= 15 is 0 Å². The van der Waals surface area contributed by atoms with Crippen LogP contribution < -0.4 is 20.5 Å². The number of hydrogen-bond donors (Lipinski definition) is 2. The van der Waals surface area contributed by atoms with E-state index in [-0.39, 0.29) is 11.5 Å². The maximum Gasteiger partial charge on any atom is 0.163 e. The van der Waals surface area contributed by atoms with Crippen LogP contribution in [0.3, 0.4) is 0 Å². The second-order valence-corrected chi connectivity index (χ2v) is 7.79. The van der Waals surface area contributed by atoms with Gasteiger partial charge in [0.2, 0.25) is 0 Å². The number of benzene rings is 1. The van der Waals surface area contributed by atoms with Crippen molar-refractivity contribution < 1.29 is 17.9 Å². The van der Waals surface area contributed by atoms with Gasteiger partial charge in [-0.25, -0.2) is 8.42 Å². The van der Waals surface area contributed by atoms with Gasteiger partial charge in [-0.15, -0.1) is 0 Å². The zero-order valence-corrected chi connectivity index (χ0v) is 12.1. The molecule has 2 heterocycles. The molecule has 2 aliphatic rings. The maximum absolute atomic E-state index is 11.6. The van der Waals surface area contributed by atoms with Crippen molar-refractivity contribution in [2.45, 2.75) is 18.9 Å². The molecule has 0 radical (unpaired) electrons. The third-order valence-electron chi connectivity index (χ3n) is 3.65. The average Bonchev–Trinajstić information content (AvgIpc) is 2.64. The van der Waals surface area contributed by atoms with Crippen molar-refractivity contribution in [1.82, 2.24) is 0 Å². The summed E-state index contributed by atoms with van der Waals surface area (Å²) in [5.74, 6) is 1.59. The molecule has 3 N–H and O–H groups in total. The van der Waals surface area contributed by atoms with E-state index in [4.69, 9.17) is 15.2 Å². The molecule has 20 heavy (non-hydrogen) atoms. The Morgan fingerprint density at radius 2 is 1.90 bits per heavy atom. The van der Waals surface area contributed by atoms with Gasteiger partial charge < -0.3 is 20.5 Å². The van der Waals surface area contributed by atoms with Gasteiger partial charge in [-0.1, -0.05) is 0 Å². The summed E-state index contributed by atoms with van der Waals surface area (Å²) in [6.45, 7) is 2.91. The largest absolute Gasteiger partial charge is 0.486 e. The monoisotopic (exact) mass is 298 g/mol. The maximum atomic E-state index is 11.6. The topological polar surface area (TPSA) is 90.7 Å². The second-order valence-electron chi connectivity index (χ2n) is 5.61. The quantitative estimate of drug-likeness (QED) is 0.793.